The molecule has 0 aliphatic carbocycles. The van der Waals surface area contributed by atoms with Gasteiger partial charge in [0.25, 0.3) is 11.8 Å². The van der Waals surface area contributed by atoms with Crippen LogP contribution in [0.5, 0.6) is 0 Å². The summed E-state index contributed by atoms with van der Waals surface area (Å²) < 4.78 is 5.14. The predicted octanol–water partition coefficient (Wildman–Crippen LogP) is 2.35. The fourth-order valence-electron chi connectivity index (χ4n) is 3.08. The molecular formula is C21H22N2O5. The van der Waals surface area contributed by atoms with Crippen LogP contribution in [-0.4, -0.2) is 47.1 Å². The van der Waals surface area contributed by atoms with E-state index >= 15 is 0 Å². The van der Waals surface area contributed by atoms with Gasteiger partial charge in [-0.15, -0.1) is 0 Å². The van der Waals surface area contributed by atoms with Gasteiger partial charge in [-0.05, 0) is 30.5 Å². The quantitative estimate of drug-likeness (QED) is 0.683. The molecule has 0 aromatic heterocycles. The SMILES string of the molecule is O=C(N[C@@H](CO)CCCN1C(=O)c2ccccc2C1=O)OCc1ccccc1. The van der Waals surface area contributed by atoms with E-state index in [0.717, 1.165) is 5.56 Å². The normalized spacial score (nSPS) is 14.0. The van der Waals surface area contributed by atoms with Crippen molar-refractivity contribution in [2.45, 2.75) is 25.5 Å². The van der Waals surface area contributed by atoms with Gasteiger partial charge in [0.05, 0.1) is 23.8 Å². The number of benzene rings is 2. The molecule has 0 saturated heterocycles. The first-order chi connectivity index (χ1) is 13.6. The van der Waals surface area contributed by atoms with Crippen molar-refractivity contribution in [3.05, 3.63) is 71.3 Å². The van der Waals surface area contributed by atoms with Gasteiger partial charge in [-0.1, -0.05) is 42.5 Å². The van der Waals surface area contributed by atoms with Crippen molar-refractivity contribution < 1.29 is 24.2 Å². The highest BCUT2D eigenvalue weighted by Crippen LogP contribution is 2.22. The number of imide groups is 1. The van der Waals surface area contributed by atoms with E-state index in [2.05, 4.69) is 5.32 Å². The largest absolute Gasteiger partial charge is 0.445 e. The Hall–Kier alpha value is -3.19. The lowest BCUT2D eigenvalue weighted by Crippen LogP contribution is -2.39. The van der Waals surface area contributed by atoms with E-state index < -0.39 is 12.1 Å². The average Bonchev–Trinajstić information content (AvgIpc) is 2.97. The van der Waals surface area contributed by atoms with Crippen LogP contribution in [0.1, 0.15) is 39.1 Å². The van der Waals surface area contributed by atoms with Crippen molar-refractivity contribution >= 4 is 17.9 Å². The van der Waals surface area contributed by atoms with Crippen molar-refractivity contribution in [2.75, 3.05) is 13.2 Å². The van der Waals surface area contributed by atoms with Crippen LogP contribution in [-0.2, 0) is 11.3 Å². The fraction of sp³-hybridized carbons (Fsp3) is 0.286. The zero-order valence-electron chi connectivity index (χ0n) is 15.3. The molecule has 2 aromatic carbocycles. The second-order valence-corrected chi connectivity index (χ2v) is 6.54. The van der Waals surface area contributed by atoms with Crippen molar-refractivity contribution in [1.82, 2.24) is 10.2 Å². The second-order valence-electron chi connectivity index (χ2n) is 6.54. The molecule has 1 heterocycles. The Morgan fingerprint density at radius 2 is 1.61 bits per heavy atom. The molecule has 2 aromatic rings. The second kappa shape index (κ2) is 9.14. The Bertz CT molecular complexity index is 818. The predicted molar refractivity (Wildman–Crippen MR) is 102 cm³/mol. The Morgan fingerprint density at radius 1 is 1.00 bits per heavy atom. The first kappa shape index (κ1) is 19.6. The first-order valence-corrected chi connectivity index (χ1v) is 9.13. The molecule has 7 nitrogen and oxygen atoms in total. The highest BCUT2D eigenvalue weighted by molar-refractivity contribution is 6.21. The molecule has 3 rings (SSSR count). The third kappa shape index (κ3) is 4.55. The number of aliphatic hydroxyl groups is 1. The number of amides is 3. The zero-order chi connectivity index (χ0) is 19.9. The van der Waals surface area contributed by atoms with E-state index in [9.17, 15) is 19.5 Å². The van der Waals surface area contributed by atoms with Crippen LogP contribution in [0.3, 0.4) is 0 Å². The fourth-order valence-corrected chi connectivity index (χ4v) is 3.08. The number of ether oxygens (including phenoxy) is 1. The van der Waals surface area contributed by atoms with Crippen molar-refractivity contribution in [1.29, 1.82) is 0 Å². The van der Waals surface area contributed by atoms with E-state index in [1.165, 1.54) is 4.90 Å². The van der Waals surface area contributed by atoms with Crippen molar-refractivity contribution in [2.24, 2.45) is 0 Å². The van der Waals surface area contributed by atoms with Gasteiger partial charge in [0.2, 0.25) is 0 Å². The minimum absolute atomic E-state index is 0.139. The number of carbonyl (C=O) groups is 3. The lowest BCUT2D eigenvalue weighted by atomic mass is 10.1. The molecule has 0 saturated carbocycles. The summed E-state index contributed by atoms with van der Waals surface area (Å²) in [6.45, 7) is 0.103. The molecule has 0 fully saturated rings. The summed E-state index contributed by atoms with van der Waals surface area (Å²) in [4.78, 5) is 37.7. The number of fused-ring (bicyclic) bond motifs is 1. The number of carbonyl (C=O) groups excluding carboxylic acids is 3. The number of aliphatic hydroxyl groups excluding tert-OH is 1. The topological polar surface area (TPSA) is 95.9 Å². The van der Waals surface area contributed by atoms with E-state index in [0.29, 0.717) is 24.0 Å². The van der Waals surface area contributed by atoms with Gasteiger partial charge in [-0.25, -0.2) is 4.79 Å². The molecular weight excluding hydrogens is 360 g/mol. The molecule has 0 bridgehead atoms. The molecule has 28 heavy (non-hydrogen) atoms. The summed E-state index contributed by atoms with van der Waals surface area (Å²) in [5, 5.41) is 12.1. The van der Waals surface area contributed by atoms with Gasteiger partial charge in [0, 0.05) is 6.54 Å². The van der Waals surface area contributed by atoms with Crippen LogP contribution in [0.2, 0.25) is 0 Å². The molecule has 1 aliphatic rings. The number of rotatable bonds is 8. The monoisotopic (exact) mass is 382 g/mol. The summed E-state index contributed by atoms with van der Waals surface area (Å²) >= 11 is 0. The third-order valence-corrected chi connectivity index (χ3v) is 4.57. The molecule has 1 atom stereocenters. The van der Waals surface area contributed by atoms with E-state index in [4.69, 9.17) is 4.74 Å². The van der Waals surface area contributed by atoms with Gasteiger partial charge in [-0.3, -0.25) is 14.5 Å². The van der Waals surface area contributed by atoms with E-state index in [1.54, 1.807) is 24.3 Å². The molecule has 2 N–H and O–H groups in total. The van der Waals surface area contributed by atoms with E-state index in [1.807, 2.05) is 30.3 Å². The maximum absolute atomic E-state index is 12.3. The summed E-state index contributed by atoms with van der Waals surface area (Å²) in [6.07, 6.45) is 0.239. The molecule has 0 spiro atoms. The molecule has 0 unspecified atom stereocenters. The summed E-state index contributed by atoms with van der Waals surface area (Å²) in [5.41, 5.74) is 1.69. The third-order valence-electron chi connectivity index (χ3n) is 4.57. The summed E-state index contributed by atoms with van der Waals surface area (Å²) in [6, 6.07) is 15.5. The Labute approximate surface area is 162 Å². The van der Waals surface area contributed by atoms with Crippen LogP contribution in [0.4, 0.5) is 4.79 Å². The van der Waals surface area contributed by atoms with Crippen molar-refractivity contribution in [3.8, 4) is 0 Å². The molecule has 3 amide bonds. The molecule has 1 aliphatic heterocycles. The first-order valence-electron chi connectivity index (χ1n) is 9.13. The van der Waals surface area contributed by atoms with Gasteiger partial charge >= 0.3 is 6.09 Å². The Balaban J connectivity index is 1.44. The van der Waals surface area contributed by atoms with Crippen molar-refractivity contribution in [3.63, 3.8) is 0 Å². The highest BCUT2D eigenvalue weighted by Gasteiger charge is 2.34. The number of hydrogen-bond acceptors (Lipinski definition) is 5. The molecule has 146 valence electrons. The standard InChI is InChI=1S/C21H22N2O5/c24-13-16(22-21(27)28-14-15-7-2-1-3-8-15)9-6-12-23-19(25)17-10-4-5-11-18(17)20(23)26/h1-5,7-8,10-11,16,24H,6,9,12-14H2,(H,22,27)/t16-/m1/s1. The lowest BCUT2D eigenvalue weighted by molar-refractivity contribution is 0.0648. The van der Waals surface area contributed by atoms with Crippen LogP contribution in [0.25, 0.3) is 0 Å². The minimum atomic E-state index is -0.622. The number of alkyl carbamates (subject to hydrolysis) is 1. The van der Waals surface area contributed by atoms with Gasteiger partial charge in [0.1, 0.15) is 6.61 Å². The smallest absolute Gasteiger partial charge is 0.407 e. The molecule has 0 radical (unpaired) electrons. The van der Waals surface area contributed by atoms with Crippen LogP contribution >= 0.6 is 0 Å². The Morgan fingerprint density at radius 3 is 2.21 bits per heavy atom. The number of hydrogen-bond donors (Lipinski definition) is 2. The van der Waals surface area contributed by atoms with Gasteiger partial charge < -0.3 is 15.2 Å². The maximum Gasteiger partial charge on any atom is 0.407 e. The Kier molecular flexibility index (Phi) is 6.39. The minimum Gasteiger partial charge on any atom is -0.445 e. The van der Waals surface area contributed by atoms with E-state index in [-0.39, 0.29) is 31.6 Å². The molecule has 7 heteroatoms. The number of nitrogens with one attached hydrogen (secondary N) is 1. The maximum atomic E-state index is 12.3. The van der Waals surface area contributed by atoms with Gasteiger partial charge in [-0.2, -0.15) is 0 Å². The van der Waals surface area contributed by atoms with Crippen LogP contribution < -0.4 is 5.32 Å². The number of nitrogens with zero attached hydrogens (tertiary/aromatic N) is 1. The highest BCUT2D eigenvalue weighted by atomic mass is 16.5. The van der Waals surface area contributed by atoms with Gasteiger partial charge in [0.15, 0.2) is 0 Å². The average molecular weight is 382 g/mol. The lowest BCUT2D eigenvalue weighted by Gasteiger charge is -2.18. The zero-order valence-corrected chi connectivity index (χ0v) is 15.3. The summed E-state index contributed by atoms with van der Waals surface area (Å²) in [7, 11) is 0. The van der Waals surface area contributed by atoms with Crippen LogP contribution in [0.15, 0.2) is 54.6 Å². The summed E-state index contributed by atoms with van der Waals surface area (Å²) in [5.74, 6) is -0.618. The van der Waals surface area contributed by atoms with Crippen LogP contribution in [0, 0.1) is 0 Å².